The van der Waals surface area contributed by atoms with Crippen molar-refractivity contribution >= 4 is 33.2 Å². The van der Waals surface area contributed by atoms with Crippen LogP contribution in [0.25, 0.3) is 0 Å². The molecule has 0 atom stereocenters. The lowest BCUT2D eigenvalue weighted by Gasteiger charge is -2.10. The van der Waals surface area contributed by atoms with Gasteiger partial charge in [-0.05, 0) is 43.5 Å². The molecule has 2 N–H and O–H groups in total. The van der Waals surface area contributed by atoms with Crippen LogP contribution < -0.4 is 10.0 Å². The molecule has 0 heterocycles. The molecule has 7 heteroatoms. The fourth-order valence-corrected chi connectivity index (χ4v) is 3.08. The normalized spacial score (nSPS) is 11.2. The van der Waals surface area contributed by atoms with E-state index in [-0.39, 0.29) is 16.5 Å². The molecule has 0 saturated heterocycles. The predicted octanol–water partition coefficient (Wildman–Crippen LogP) is 3.38. The number of carbonyl (C=O) groups is 1. The molecule has 5 nitrogen and oxygen atoms in total. The summed E-state index contributed by atoms with van der Waals surface area (Å²) in [6.45, 7) is 2.55. The number of sulfonamides is 1. The second-order valence-electron chi connectivity index (χ2n) is 5.91. The number of hydrogen-bond acceptors (Lipinski definition) is 3. The summed E-state index contributed by atoms with van der Waals surface area (Å²) < 4.78 is 24.9. The van der Waals surface area contributed by atoms with Gasteiger partial charge in [0.15, 0.2) is 0 Å². The number of rotatable bonds is 7. The monoisotopic (exact) mass is 380 g/mol. The van der Waals surface area contributed by atoms with Gasteiger partial charge < -0.3 is 5.32 Å². The Morgan fingerprint density at radius 1 is 1.12 bits per heavy atom. The Hall–Kier alpha value is -2.05. The van der Waals surface area contributed by atoms with Gasteiger partial charge in [0.05, 0.1) is 16.8 Å². The van der Waals surface area contributed by atoms with E-state index in [0.29, 0.717) is 12.2 Å². The predicted molar refractivity (Wildman–Crippen MR) is 102 cm³/mol. The zero-order chi connectivity index (χ0) is 18.4. The van der Waals surface area contributed by atoms with Crippen molar-refractivity contribution < 1.29 is 13.2 Å². The molecule has 0 fully saturated rings. The Bertz CT molecular complexity index is 849. The molecule has 0 aliphatic carbocycles. The maximum Gasteiger partial charge on any atom is 0.252 e. The van der Waals surface area contributed by atoms with Gasteiger partial charge in [-0.25, -0.2) is 8.42 Å². The molecule has 2 rings (SSSR count). The van der Waals surface area contributed by atoms with Crippen LogP contribution in [0.4, 0.5) is 5.69 Å². The van der Waals surface area contributed by atoms with Gasteiger partial charge in [-0.15, -0.1) is 0 Å². The Morgan fingerprint density at radius 3 is 2.44 bits per heavy atom. The van der Waals surface area contributed by atoms with Crippen LogP contribution in [0.3, 0.4) is 0 Å². The minimum atomic E-state index is -3.41. The van der Waals surface area contributed by atoms with E-state index >= 15 is 0 Å². The minimum Gasteiger partial charge on any atom is -0.352 e. The fourth-order valence-electron chi connectivity index (χ4n) is 2.32. The first-order valence-corrected chi connectivity index (χ1v) is 10.1. The summed E-state index contributed by atoms with van der Waals surface area (Å²) in [7, 11) is -3.41. The Labute approximate surface area is 153 Å². The molecule has 134 valence electrons. The largest absolute Gasteiger partial charge is 0.352 e. The highest BCUT2D eigenvalue weighted by atomic mass is 35.5. The van der Waals surface area contributed by atoms with Crippen molar-refractivity contribution in [1.29, 1.82) is 0 Å². The van der Waals surface area contributed by atoms with Crippen LogP contribution in [-0.4, -0.2) is 27.1 Å². The van der Waals surface area contributed by atoms with Crippen molar-refractivity contribution in [3.8, 4) is 0 Å². The first-order valence-electron chi connectivity index (χ1n) is 7.86. The lowest BCUT2D eigenvalue weighted by molar-refractivity contribution is 0.0953. The Kier molecular flexibility index (Phi) is 6.45. The Morgan fingerprint density at radius 2 is 1.80 bits per heavy atom. The van der Waals surface area contributed by atoms with Crippen LogP contribution in [0.15, 0.2) is 42.5 Å². The molecule has 0 radical (unpaired) electrons. The molecular formula is C18H21ClN2O3S. The third-order valence-corrected chi connectivity index (χ3v) is 4.50. The van der Waals surface area contributed by atoms with Gasteiger partial charge >= 0.3 is 0 Å². The van der Waals surface area contributed by atoms with E-state index in [9.17, 15) is 13.2 Å². The van der Waals surface area contributed by atoms with Crippen molar-refractivity contribution in [2.75, 3.05) is 17.5 Å². The third kappa shape index (κ3) is 6.40. The average molecular weight is 381 g/mol. The molecule has 0 aliphatic rings. The molecule has 2 aromatic carbocycles. The van der Waals surface area contributed by atoms with Crippen LogP contribution >= 0.6 is 11.6 Å². The number of nitrogens with one attached hydrogen (secondary N) is 2. The standard InChI is InChI=1S/C18H21ClN2O3S/c1-13-5-7-14(8-6-13)4-3-11-20-18(22)16-12-15(9-10-17(16)19)21-25(2,23)24/h5-10,12,21H,3-4,11H2,1-2H3,(H,20,22). The van der Waals surface area contributed by atoms with E-state index < -0.39 is 10.0 Å². The van der Waals surface area contributed by atoms with E-state index in [4.69, 9.17) is 11.6 Å². The van der Waals surface area contributed by atoms with Gasteiger partial charge in [0, 0.05) is 12.2 Å². The molecule has 0 aromatic heterocycles. The summed E-state index contributed by atoms with van der Waals surface area (Å²) in [5, 5.41) is 3.08. The van der Waals surface area contributed by atoms with Crippen molar-refractivity contribution in [1.82, 2.24) is 5.32 Å². The van der Waals surface area contributed by atoms with Crippen LogP contribution in [0, 0.1) is 6.92 Å². The number of carbonyl (C=O) groups excluding carboxylic acids is 1. The number of benzene rings is 2. The van der Waals surface area contributed by atoms with Crippen molar-refractivity contribution in [3.63, 3.8) is 0 Å². The molecule has 25 heavy (non-hydrogen) atoms. The minimum absolute atomic E-state index is 0.241. The highest BCUT2D eigenvalue weighted by Gasteiger charge is 2.12. The van der Waals surface area contributed by atoms with Crippen molar-refractivity contribution in [3.05, 3.63) is 64.2 Å². The van der Waals surface area contributed by atoms with Gasteiger partial charge in [0.1, 0.15) is 0 Å². The third-order valence-electron chi connectivity index (χ3n) is 3.56. The van der Waals surface area contributed by atoms with E-state index in [0.717, 1.165) is 19.1 Å². The summed E-state index contributed by atoms with van der Waals surface area (Å²) in [6.07, 6.45) is 2.71. The summed E-state index contributed by atoms with van der Waals surface area (Å²) in [4.78, 5) is 12.3. The smallest absolute Gasteiger partial charge is 0.252 e. The topological polar surface area (TPSA) is 75.3 Å². The van der Waals surface area contributed by atoms with E-state index in [1.54, 1.807) is 0 Å². The number of hydrogen-bond donors (Lipinski definition) is 2. The zero-order valence-corrected chi connectivity index (χ0v) is 15.7. The fraction of sp³-hybridized carbons (Fsp3) is 0.278. The maximum absolute atomic E-state index is 12.3. The second-order valence-corrected chi connectivity index (χ2v) is 8.07. The van der Waals surface area contributed by atoms with Gasteiger partial charge in [0.25, 0.3) is 5.91 Å². The van der Waals surface area contributed by atoms with Gasteiger partial charge in [-0.2, -0.15) is 0 Å². The average Bonchev–Trinajstić information content (AvgIpc) is 2.53. The molecule has 0 saturated carbocycles. The Balaban J connectivity index is 1.91. The SMILES string of the molecule is Cc1ccc(CCCNC(=O)c2cc(NS(C)(=O)=O)ccc2Cl)cc1. The van der Waals surface area contributed by atoms with Crippen LogP contribution in [0.2, 0.25) is 5.02 Å². The summed E-state index contributed by atoms with van der Waals surface area (Å²) in [5.41, 5.74) is 2.98. The summed E-state index contributed by atoms with van der Waals surface area (Å²) in [6, 6.07) is 12.7. The van der Waals surface area contributed by atoms with E-state index in [1.165, 1.54) is 29.3 Å². The lowest BCUT2D eigenvalue weighted by Crippen LogP contribution is -2.25. The molecule has 1 amide bonds. The number of amides is 1. The molecule has 0 unspecified atom stereocenters. The zero-order valence-electron chi connectivity index (χ0n) is 14.2. The lowest BCUT2D eigenvalue weighted by atomic mass is 10.1. The van der Waals surface area contributed by atoms with Crippen molar-refractivity contribution in [2.24, 2.45) is 0 Å². The number of aryl methyl sites for hydroxylation is 2. The van der Waals surface area contributed by atoms with Crippen molar-refractivity contribution in [2.45, 2.75) is 19.8 Å². The molecule has 2 aromatic rings. The molecule has 0 bridgehead atoms. The van der Waals surface area contributed by atoms with Crippen LogP contribution in [0.1, 0.15) is 27.9 Å². The van der Waals surface area contributed by atoms with Gasteiger partial charge in [-0.1, -0.05) is 41.4 Å². The highest BCUT2D eigenvalue weighted by Crippen LogP contribution is 2.21. The number of anilines is 1. The highest BCUT2D eigenvalue weighted by molar-refractivity contribution is 7.92. The van der Waals surface area contributed by atoms with Gasteiger partial charge in [0.2, 0.25) is 10.0 Å². The van der Waals surface area contributed by atoms with E-state index in [2.05, 4.69) is 34.3 Å². The van der Waals surface area contributed by atoms with E-state index in [1.807, 2.05) is 6.92 Å². The first-order chi connectivity index (χ1) is 11.7. The second kappa shape index (κ2) is 8.36. The maximum atomic E-state index is 12.3. The van der Waals surface area contributed by atoms with Gasteiger partial charge in [-0.3, -0.25) is 9.52 Å². The number of halogens is 1. The summed E-state index contributed by atoms with van der Waals surface area (Å²) >= 11 is 6.05. The van der Waals surface area contributed by atoms with Crippen LogP contribution in [0.5, 0.6) is 0 Å². The molecule has 0 spiro atoms. The quantitative estimate of drug-likeness (QED) is 0.723. The molecule has 0 aliphatic heterocycles. The summed E-state index contributed by atoms with van der Waals surface area (Å²) in [5.74, 6) is -0.328. The molecular weight excluding hydrogens is 360 g/mol. The van der Waals surface area contributed by atoms with Crippen LogP contribution in [-0.2, 0) is 16.4 Å². The first kappa shape index (κ1) is 19.3.